The molecule has 0 spiro atoms. The number of carbonyl (C=O) groups is 1. The highest BCUT2D eigenvalue weighted by atomic mass is 16.1. The number of amides is 1. The molecule has 80 valence electrons. The van der Waals surface area contributed by atoms with Gasteiger partial charge >= 0.3 is 0 Å². The lowest BCUT2D eigenvalue weighted by molar-refractivity contribution is -0.121. The van der Waals surface area contributed by atoms with Gasteiger partial charge in [-0.2, -0.15) is 0 Å². The Morgan fingerprint density at radius 1 is 1.57 bits per heavy atom. The Morgan fingerprint density at radius 2 is 2.36 bits per heavy atom. The van der Waals surface area contributed by atoms with E-state index in [4.69, 9.17) is 0 Å². The van der Waals surface area contributed by atoms with Crippen molar-refractivity contribution in [2.24, 2.45) is 11.8 Å². The van der Waals surface area contributed by atoms with Crippen LogP contribution in [0, 0.1) is 11.8 Å². The standard InChI is InChI=1S/C12H21NO/c1-10(2)9-13-12(14)8-11-6-4-3-5-7-11/h4,6,10-11H,3,5,7-9H2,1-2H3,(H,13,14). The molecule has 0 radical (unpaired) electrons. The second-order valence-electron chi connectivity index (χ2n) is 4.52. The molecule has 2 heteroatoms. The van der Waals surface area contributed by atoms with E-state index in [9.17, 15) is 4.79 Å². The summed E-state index contributed by atoms with van der Waals surface area (Å²) in [6, 6.07) is 0. The second-order valence-corrected chi connectivity index (χ2v) is 4.52. The van der Waals surface area contributed by atoms with Crippen molar-refractivity contribution in [3.8, 4) is 0 Å². The molecule has 14 heavy (non-hydrogen) atoms. The van der Waals surface area contributed by atoms with Gasteiger partial charge in [0.05, 0.1) is 0 Å². The number of hydrogen-bond acceptors (Lipinski definition) is 1. The summed E-state index contributed by atoms with van der Waals surface area (Å²) in [5.41, 5.74) is 0. The zero-order valence-electron chi connectivity index (χ0n) is 9.25. The molecule has 1 aliphatic carbocycles. The van der Waals surface area contributed by atoms with Gasteiger partial charge in [-0.3, -0.25) is 4.79 Å². The van der Waals surface area contributed by atoms with Gasteiger partial charge in [0.2, 0.25) is 5.91 Å². The van der Waals surface area contributed by atoms with Gasteiger partial charge in [0.25, 0.3) is 0 Å². The largest absolute Gasteiger partial charge is 0.356 e. The monoisotopic (exact) mass is 195 g/mol. The molecule has 1 amide bonds. The molecule has 1 N–H and O–H groups in total. The fourth-order valence-electron chi connectivity index (χ4n) is 1.68. The number of rotatable bonds is 4. The van der Waals surface area contributed by atoms with E-state index in [1.165, 1.54) is 19.3 Å². The van der Waals surface area contributed by atoms with Crippen LogP contribution in [0.3, 0.4) is 0 Å². The van der Waals surface area contributed by atoms with Crippen LogP contribution in [0.5, 0.6) is 0 Å². The first-order valence-corrected chi connectivity index (χ1v) is 5.62. The van der Waals surface area contributed by atoms with Crippen molar-refractivity contribution < 1.29 is 4.79 Å². The lowest BCUT2D eigenvalue weighted by atomic mass is 9.93. The Hall–Kier alpha value is -0.790. The van der Waals surface area contributed by atoms with Crippen LogP contribution < -0.4 is 5.32 Å². The molecule has 0 aromatic heterocycles. The SMILES string of the molecule is CC(C)CNC(=O)CC1C=CCCC1. The van der Waals surface area contributed by atoms with E-state index in [-0.39, 0.29) is 5.91 Å². The van der Waals surface area contributed by atoms with Crippen LogP contribution in [-0.2, 0) is 4.79 Å². The highest BCUT2D eigenvalue weighted by Gasteiger charge is 2.12. The quantitative estimate of drug-likeness (QED) is 0.686. The third kappa shape index (κ3) is 4.45. The predicted molar refractivity (Wildman–Crippen MR) is 58.9 cm³/mol. The normalized spacial score (nSPS) is 21.2. The third-order valence-electron chi connectivity index (χ3n) is 2.51. The summed E-state index contributed by atoms with van der Waals surface area (Å²) < 4.78 is 0. The van der Waals surface area contributed by atoms with E-state index in [0.717, 1.165) is 6.54 Å². The average molecular weight is 195 g/mol. The first-order chi connectivity index (χ1) is 6.68. The maximum absolute atomic E-state index is 11.5. The highest BCUT2D eigenvalue weighted by Crippen LogP contribution is 2.19. The minimum absolute atomic E-state index is 0.204. The van der Waals surface area contributed by atoms with Crippen molar-refractivity contribution in [3.63, 3.8) is 0 Å². The molecular formula is C12H21NO. The van der Waals surface area contributed by atoms with Crippen LogP contribution >= 0.6 is 0 Å². The molecule has 0 saturated carbocycles. The van der Waals surface area contributed by atoms with Gasteiger partial charge in [0.15, 0.2) is 0 Å². The number of carbonyl (C=O) groups excluding carboxylic acids is 1. The van der Waals surface area contributed by atoms with Crippen LogP contribution in [0.2, 0.25) is 0 Å². The summed E-state index contributed by atoms with van der Waals surface area (Å²) >= 11 is 0. The summed E-state index contributed by atoms with van der Waals surface area (Å²) in [7, 11) is 0. The topological polar surface area (TPSA) is 29.1 Å². The van der Waals surface area contributed by atoms with Crippen molar-refractivity contribution in [1.29, 1.82) is 0 Å². The first-order valence-electron chi connectivity index (χ1n) is 5.62. The maximum atomic E-state index is 11.5. The molecule has 2 nitrogen and oxygen atoms in total. The van der Waals surface area contributed by atoms with Crippen LogP contribution in [-0.4, -0.2) is 12.5 Å². The fourth-order valence-corrected chi connectivity index (χ4v) is 1.68. The molecule has 0 aromatic rings. The number of allylic oxidation sites excluding steroid dienone is 2. The Balaban J connectivity index is 2.19. The summed E-state index contributed by atoms with van der Waals surface area (Å²) in [5, 5.41) is 2.96. The Bertz CT molecular complexity index is 208. The molecule has 1 unspecified atom stereocenters. The lowest BCUT2D eigenvalue weighted by Gasteiger charge is -2.16. The zero-order chi connectivity index (χ0) is 10.4. The van der Waals surface area contributed by atoms with Gasteiger partial charge < -0.3 is 5.32 Å². The van der Waals surface area contributed by atoms with Crippen LogP contribution in [0.15, 0.2) is 12.2 Å². The van der Waals surface area contributed by atoms with E-state index in [1.807, 2.05) is 0 Å². The third-order valence-corrected chi connectivity index (χ3v) is 2.51. The molecule has 1 aliphatic rings. The smallest absolute Gasteiger partial charge is 0.220 e. The molecule has 0 fully saturated rings. The van der Waals surface area contributed by atoms with Gasteiger partial charge in [-0.25, -0.2) is 0 Å². The fraction of sp³-hybridized carbons (Fsp3) is 0.750. The molecule has 0 saturated heterocycles. The molecule has 0 aromatic carbocycles. The van der Waals surface area contributed by atoms with E-state index in [2.05, 4.69) is 31.3 Å². The van der Waals surface area contributed by atoms with Crippen LogP contribution in [0.1, 0.15) is 39.5 Å². The van der Waals surface area contributed by atoms with Crippen LogP contribution in [0.4, 0.5) is 0 Å². The summed E-state index contributed by atoms with van der Waals surface area (Å²) in [5.74, 6) is 1.23. The van der Waals surface area contributed by atoms with Gasteiger partial charge in [0.1, 0.15) is 0 Å². The van der Waals surface area contributed by atoms with Crippen molar-refractivity contribution in [1.82, 2.24) is 5.32 Å². The van der Waals surface area contributed by atoms with E-state index < -0.39 is 0 Å². The number of hydrogen-bond donors (Lipinski definition) is 1. The van der Waals surface area contributed by atoms with Crippen molar-refractivity contribution in [3.05, 3.63) is 12.2 Å². The first kappa shape index (κ1) is 11.3. The lowest BCUT2D eigenvalue weighted by Crippen LogP contribution is -2.28. The minimum Gasteiger partial charge on any atom is -0.356 e. The molecular weight excluding hydrogens is 174 g/mol. The Kier molecular flexibility index (Phi) is 4.71. The zero-order valence-corrected chi connectivity index (χ0v) is 9.25. The average Bonchev–Trinajstić information content (AvgIpc) is 2.16. The predicted octanol–water partition coefficient (Wildman–Crippen LogP) is 2.51. The van der Waals surface area contributed by atoms with Gasteiger partial charge in [-0.05, 0) is 31.1 Å². The van der Waals surface area contributed by atoms with Gasteiger partial charge in [-0.1, -0.05) is 26.0 Å². The van der Waals surface area contributed by atoms with Crippen LogP contribution in [0.25, 0.3) is 0 Å². The van der Waals surface area contributed by atoms with E-state index >= 15 is 0 Å². The van der Waals surface area contributed by atoms with E-state index in [1.54, 1.807) is 0 Å². The summed E-state index contributed by atoms with van der Waals surface area (Å²) in [6.07, 6.45) is 8.65. The minimum atomic E-state index is 0.204. The van der Waals surface area contributed by atoms with Gasteiger partial charge in [0, 0.05) is 13.0 Å². The molecule has 0 aliphatic heterocycles. The molecule has 1 atom stereocenters. The van der Waals surface area contributed by atoms with Crippen molar-refractivity contribution in [2.45, 2.75) is 39.5 Å². The van der Waals surface area contributed by atoms with E-state index in [0.29, 0.717) is 18.3 Å². The van der Waals surface area contributed by atoms with Crippen molar-refractivity contribution >= 4 is 5.91 Å². The van der Waals surface area contributed by atoms with Gasteiger partial charge in [-0.15, -0.1) is 0 Å². The maximum Gasteiger partial charge on any atom is 0.220 e. The Morgan fingerprint density at radius 3 is 2.93 bits per heavy atom. The van der Waals surface area contributed by atoms with Crippen molar-refractivity contribution in [2.75, 3.05) is 6.54 Å². The second kappa shape index (κ2) is 5.84. The Labute approximate surface area is 86.8 Å². The molecule has 1 rings (SSSR count). The number of nitrogens with one attached hydrogen (secondary N) is 1. The highest BCUT2D eigenvalue weighted by molar-refractivity contribution is 5.76. The molecule has 0 heterocycles. The summed E-state index contributed by atoms with van der Waals surface area (Å²) in [4.78, 5) is 11.5. The summed E-state index contributed by atoms with van der Waals surface area (Å²) in [6.45, 7) is 5.02. The molecule has 0 bridgehead atoms.